The smallest absolute Gasteiger partial charge is 0.339 e. The number of aldehydes is 1. The number of fused-ring (bicyclic) bond motifs is 2. The minimum absolute atomic E-state index is 0.00458. The van der Waals surface area contributed by atoms with Crippen molar-refractivity contribution in [1.29, 1.82) is 0 Å². The van der Waals surface area contributed by atoms with Crippen molar-refractivity contribution in [1.82, 2.24) is 9.97 Å². The highest BCUT2D eigenvalue weighted by Gasteiger charge is 2.05. The molecule has 0 aliphatic carbocycles. The Morgan fingerprint density at radius 3 is 2.00 bits per heavy atom. The third-order valence-electron chi connectivity index (χ3n) is 4.21. The van der Waals surface area contributed by atoms with Gasteiger partial charge in [0.2, 0.25) is 0 Å². The van der Waals surface area contributed by atoms with Crippen LogP contribution in [-0.4, -0.2) is 35.0 Å². The average Bonchev–Trinajstić information content (AvgIpc) is 3.39. The molecule has 2 aromatic heterocycles. The minimum Gasteiger partial charge on any atom is -0.361 e. The highest BCUT2D eigenvalue weighted by molar-refractivity contribution is 8.24. The second-order valence-electron chi connectivity index (χ2n) is 6.41. The first-order chi connectivity index (χ1) is 15.9. The fraction of sp³-hybridized carbons (Fsp3) is 0.136. The van der Waals surface area contributed by atoms with Crippen LogP contribution in [-0.2, 0) is 4.57 Å². The van der Waals surface area contributed by atoms with Gasteiger partial charge in [0.15, 0.2) is 17.9 Å². The summed E-state index contributed by atoms with van der Waals surface area (Å²) >= 11 is 13.8. The Labute approximate surface area is 205 Å². The number of ketones is 2. The summed E-state index contributed by atoms with van der Waals surface area (Å²) < 4.78 is 25.0. The zero-order valence-electron chi connectivity index (χ0n) is 18.6. The molecule has 0 saturated heterocycles. The van der Waals surface area contributed by atoms with Crippen molar-refractivity contribution in [3.05, 3.63) is 71.5 Å². The van der Waals surface area contributed by atoms with E-state index in [1.165, 1.54) is 6.92 Å². The summed E-state index contributed by atoms with van der Waals surface area (Å²) in [4.78, 5) is 38.8. The first kappa shape index (κ1) is 26.8. The molecule has 0 spiro atoms. The van der Waals surface area contributed by atoms with Crippen LogP contribution in [0.1, 0.15) is 46.3 Å². The van der Waals surface area contributed by atoms with Crippen LogP contribution in [0.4, 0.5) is 4.39 Å². The van der Waals surface area contributed by atoms with Crippen LogP contribution >= 0.6 is 38.9 Å². The molecule has 0 aliphatic rings. The van der Waals surface area contributed by atoms with Gasteiger partial charge in [-0.1, -0.05) is 0 Å². The van der Waals surface area contributed by atoms with Gasteiger partial charge in [-0.05, 0) is 90.0 Å². The monoisotopic (exact) mass is 533 g/mol. The highest BCUT2D eigenvalue weighted by Crippen LogP contribution is 2.61. The normalized spacial score (nSPS) is 10.5. The van der Waals surface area contributed by atoms with Crippen LogP contribution in [0.25, 0.3) is 21.8 Å². The summed E-state index contributed by atoms with van der Waals surface area (Å²) in [7, 11) is -1.00. The SMILES string of the molecule is CC(=O)c1ccc2[nH]cc(C=O)c2c1.CC(=O)c1ccc2[nH]ccc2c1.O=P(Cl)(Cl)Cl.[2H]CF. The number of aromatic nitrogens is 2. The van der Waals surface area contributed by atoms with Crippen molar-refractivity contribution in [3.63, 3.8) is 0 Å². The van der Waals surface area contributed by atoms with Gasteiger partial charge in [-0.2, -0.15) is 0 Å². The Hall–Kier alpha value is -2.44. The van der Waals surface area contributed by atoms with Crippen LogP contribution in [0.3, 0.4) is 0 Å². The predicted octanol–water partition coefficient (Wildman–Crippen LogP) is 7.95. The topological polar surface area (TPSA) is 99.9 Å². The number of carbonyl (C=O) groups is 3. The van der Waals surface area contributed by atoms with E-state index in [0.717, 1.165) is 33.7 Å². The predicted molar refractivity (Wildman–Crippen MR) is 134 cm³/mol. The van der Waals surface area contributed by atoms with Gasteiger partial charge in [-0.15, -0.1) is 0 Å². The molecule has 11 heteroatoms. The Kier molecular flexibility index (Phi) is 10.8. The van der Waals surface area contributed by atoms with Gasteiger partial charge in [-0.3, -0.25) is 23.3 Å². The summed E-state index contributed by atoms with van der Waals surface area (Å²) in [6.45, 7) is 3.09. The molecular formula is C22H21Cl3FN2O4P. The van der Waals surface area contributed by atoms with Gasteiger partial charge in [0.05, 0.1) is 8.52 Å². The van der Waals surface area contributed by atoms with Gasteiger partial charge in [0.1, 0.15) is 0 Å². The van der Waals surface area contributed by atoms with E-state index in [0.29, 0.717) is 11.1 Å². The second-order valence-corrected chi connectivity index (χ2v) is 13.1. The van der Waals surface area contributed by atoms with Gasteiger partial charge in [0.25, 0.3) is 0 Å². The molecule has 2 N–H and O–H groups in total. The fourth-order valence-corrected chi connectivity index (χ4v) is 2.73. The molecule has 0 unspecified atom stereocenters. The highest BCUT2D eigenvalue weighted by atomic mass is 36.0. The van der Waals surface area contributed by atoms with Crippen LogP contribution in [0.2, 0.25) is 0 Å². The number of hydrogen-bond donors (Lipinski definition) is 2. The molecule has 0 saturated carbocycles. The number of alkyl halides is 1. The zero-order chi connectivity index (χ0) is 25.9. The number of carbonyl (C=O) groups excluding carboxylic acids is 3. The minimum atomic E-state index is -3.22. The Balaban J connectivity index is 0.000000262. The van der Waals surface area contributed by atoms with E-state index in [2.05, 4.69) is 43.7 Å². The summed E-state index contributed by atoms with van der Waals surface area (Å²) in [5.41, 5.74) is 3.92. The van der Waals surface area contributed by atoms with Crippen LogP contribution < -0.4 is 0 Å². The fourth-order valence-electron chi connectivity index (χ4n) is 2.73. The van der Waals surface area contributed by atoms with Gasteiger partial charge in [0, 0.05) is 50.9 Å². The van der Waals surface area contributed by atoms with Crippen molar-refractivity contribution >= 4 is 78.6 Å². The molecule has 2 aromatic carbocycles. The molecule has 0 aliphatic heterocycles. The third kappa shape index (κ3) is 9.52. The number of rotatable bonds is 3. The lowest BCUT2D eigenvalue weighted by atomic mass is 10.1. The molecule has 176 valence electrons. The Bertz CT molecular complexity index is 1310. The molecule has 2 heterocycles. The molecule has 6 nitrogen and oxygen atoms in total. The van der Waals surface area contributed by atoms with Crippen molar-refractivity contribution < 1.29 is 24.7 Å². The standard InChI is InChI=1S/C11H9NO2.C10H9NO.CH3F.Cl3OP/c1-7(14)8-2-3-11-10(4-8)9(6-13)5-12-11;1-7(12)8-2-3-10-9(6-8)4-5-11-10;1-2;1-5(2,3)4/h2-6,12H,1H3;2-6,11H,1H3;1H3;/i;;1D;. The number of hydrogen-bond acceptors (Lipinski definition) is 4. The maximum Gasteiger partial charge on any atom is 0.339 e. The summed E-state index contributed by atoms with van der Waals surface area (Å²) in [5, 5.41) is -1.34. The van der Waals surface area contributed by atoms with E-state index in [4.69, 9.17) is 1.37 Å². The lowest BCUT2D eigenvalue weighted by molar-refractivity contribution is 0.100. The molecule has 4 rings (SSSR count). The number of Topliss-reactive ketones (excluding diaryl/α,β-unsaturated/α-hetero) is 2. The number of halogens is 4. The second kappa shape index (κ2) is 13.3. The molecule has 0 atom stereocenters. The van der Waals surface area contributed by atoms with E-state index in [-0.39, 0.29) is 11.6 Å². The largest absolute Gasteiger partial charge is 0.361 e. The van der Waals surface area contributed by atoms with Gasteiger partial charge in [-0.25, -0.2) is 0 Å². The maximum atomic E-state index is 11.1. The lowest BCUT2D eigenvalue weighted by Gasteiger charge is -1.95. The van der Waals surface area contributed by atoms with E-state index in [1.807, 2.05) is 30.5 Å². The first-order valence-electron chi connectivity index (χ1n) is 9.81. The molecule has 4 aromatic rings. The zero-order valence-corrected chi connectivity index (χ0v) is 20.7. The van der Waals surface area contributed by atoms with Crippen molar-refractivity contribution in [2.45, 2.75) is 13.8 Å². The molecule has 0 radical (unpaired) electrons. The third-order valence-corrected chi connectivity index (χ3v) is 4.21. The Morgan fingerprint density at radius 2 is 1.48 bits per heavy atom. The summed E-state index contributed by atoms with van der Waals surface area (Å²) in [6, 6.07) is 12.9. The van der Waals surface area contributed by atoms with E-state index < -0.39 is 12.4 Å². The van der Waals surface area contributed by atoms with E-state index in [9.17, 15) is 23.3 Å². The number of aromatic amines is 2. The first-order valence-corrected chi connectivity index (χ1v) is 13.5. The van der Waals surface area contributed by atoms with Crippen LogP contribution in [0.5, 0.6) is 0 Å². The van der Waals surface area contributed by atoms with Crippen molar-refractivity contribution in [3.8, 4) is 0 Å². The average molecular weight is 535 g/mol. The molecule has 33 heavy (non-hydrogen) atoms. The number of nitrogens with one attached hydrogen (secondary N) is 2. The lowest BCUT2D eigenvalue weighted by Crippen LogP contribution is -1.90. The van der Waals surface area contributed by atoms with Gasteiger partial charge < -0.3 is 9.97 Å². The molecular weight excluding hydrogens is 513 g/mol. The molecule has 0 fully saturated rings. The summed E-state index contributed by atoms with van der Waals surface area (Å²) in [6.07, 6.45) is 4.29. The number of H-pyrrole nitrogens is 2. The number of benzene rings is 2. The van der Waals surface area contributed by atoms with Crippen LogP contribution in [0, 0.1) is 0 Å². The van der Waals surface area contributed by atoms with E-state index in [1.54, 1.807) is 31.3 Å². The molecule has 0 bridgehead atoms. The quantitative estimate of drug-likeness (QED) is 0.158. The van der Waals surface area contributed by atoms with E-state index >= 15 is 0 Å². The summed E-state index contributed by atoms with van der Waals surface area (Å²) in [5.74, 6) is 0.114. The molecule has 0 amide bonds. The Morgan fingerprint density at radius 1 is 0.970 bits per heavy atom. The van der Waals surface area contributed by atoms with Crippen molar-refractivity contribution in [2.24, 2.45) is 0 Å². The van der Waals surface area contributed by atoms with Crippen molar-refractivity contribution in [2.75, 3.05) is 7.15 Å². The maximum absolute atomic E-state index is 11.1. The van der Waals surface area contributed by atoms with Crippen LogP contribution in [0.15, 0.2) is 54.9 Å². The van der Waals surface area contributed by atoms with Gasteiger partial charge >= 0.3 is 5.20 Å².